The van der Waals surface area contributed by atoms with Gasteiger partial charge in [0.25, 0.3) is 0 Å². The Bertz CT molecular complexity index is 1230. The molecule has 2 heterocycles. The van der Waals surface area contributed by atoms with Crippen molar-refractivity contribution in [3.63, 3.8) is 0 Å². The number of hydrogen-bond acceptors (Lipinski definition) is 8. The van der Waals surface area contributed by atoms with Crippen LogP contribution in [-0.4, -0.2) is 39.4 Å². The van der Waals surface area contributed by atoms with Gasteiger partial charge in [0.05, 0.1) is 23.3 Å². The average molecular weight is 549 g/mol. The standard InChI is InChI=1S/C23H23BrClN5O4/c1-4-32-18-11-15(10-17(24)21(18)34-12-14-6-8-16(25)9-7-14)20-19(22(31)33-5-2)13(3)26-23-27-28-29-30(20)23/h6-11,20H,4-5,12H2,1-3H3,(H,26,27,29). The van der Waals surface area contributed by atoms with Gasteiger partial charge in [0.1, 0.15) is 12.6 Å². The fourth-order valence-corrected chi connectivity index (χ4v) is 4.38. The minimum atomic E-state index is -0.619. The zero-order chi connectivity index (χ0) is 24.2. The van der Waals surface area contributed by atoms with Gasteiger partial charge in [0.15, 0.2) is 11.5 Å². The highest BCUT2D eigenvalue weighted by atomic mass is 79.9. The number of anilines is 1. The van der Waals surface area contributed by atoms with Crippen molar-refractivity contribution in [2.45, 2.75) is 33.4 Å². The summed E-state index contributed by atoms with van der Waals surface area (Å²) in [6.45, 7) is 6.44. The summed E-state index contributed by atoms with van der Waals surface area (Å²) in [5.74, 6) is 1.04. The van der Waals surface area contributed by atoms with Gasteiger partial charge in [-0.2, -0.15) is 4.68 Å². The van der Waals surface area contributed by atoms with Gasteiger partial charge in [0.2, 0.25) is 5.95 Å². The van der Waals surface area contributed by atoms with E-state index >= 15 is 0 Å². The van der Waals surface area contributed by atoms with E-state index in [1.807, 2.05) is 43.3 Å². The smallest absolute Gasteiger partial charge is 0.338 e. The second-order valence-corrected chi connectivity index (χ2v) is 8.70. The predicted molar refractivity (Wildman–Crippen MR) is 130 cm³/mol. The van der Waals surface area contributed by atoms with E-state index in [-0.39, 0.29) is 6.61 Å². The van der Waals surface area contributed by atoms with Gasteiger partial charge >= 0.3 is 5.97 Å². The maximum absolute atomic E-state index is 12.9. The first-order valence-corrected chi connectivity index (χ1v) is 11.9. The summed E-state index contributed by atoms with van der Waals surface area (Å²) in [6, 6.07) is 10.5. The summed E-state index contributed by atoms with van der Waals surface area (Å²) in [5.41, 5.74) is 2.71. The fraction of sp³-hybridized carbons (Fsp3) is 0.304. The number of allylic oxidation sites excluding steroid dienone is 1. The van der Waals surface area contributed by atoms with Gasteiger partial charge < -0.3 is 19.5 Å². The Morgan fingerprint density at radius 3 is 2.65 bits per heavy atom. The molecular weight excluding hydrogens is 526 g/mol. The number of aromatic nitrogens is 4. The summed E-state index contributed by atoms with van der Waals surface area (Å²) < 4.78 is 19.5. The van der Waals surface area contributed by atoms with Crippen molar-refractivity contribution in [2.75, 3.05) is 18.5 Å². The van der Waals surface area contributed by atoms with Gasteiger partial charge in [-0.1, -0.05) is 28.8 Å². The summed E-state index contributed by atoms with van der Waals surface area (Å²) in [4.78, 5) is 12.9. The average Bonchev–Trinajstić information content (AvgIpc) is 3.27. The molecule has 2 aromatic carbocycles. The molecule has 0 aliphatic carbocycles. The topological polar surface area (TPSA) is 100 Å². The number of fused-ring (bicyclic) bond motifs is 1. The number of benzene rings is 2. The van der Waals surface area contributed by atoms with E-state index in [4.69, 9.17) is 25.8 Å². The second kappa shape index (κ2) is 10.4. The minimum Gasteiger partial charge on any atom is -0.490 e. The Kier molecular flexibility index (Phi) is 7.38. The lowest BCUT2D eigenvalue weighted by Crippen LogP contribution is -2.29. The number of carbonyl (C=O) groups is 1. The SMILES string of the molecule is CCOC(=O)C1=C(C)Nc2nnnn2C1c1cc(Br)c(OCc2ccc(Cl)cc2)c(OCC)c1. The highest BCUT2D eigenvalue weighted by Gasteiger charge is 2.35. The molecule has 0 saturated heterocycles. The molecule has 1 aromatic heterocycles. The van der Waals surface area contributed by atoms with Crippen molar-refractivity contribution in [1.29, 1.82) is 0 Å². The quantitative estimate of drug-likeness (QED) is 0.396. The molecule has 1 aliphatic rings. The molecule has 0 spiro atoms. The van der Waals surface area contributed by atoms with E-state index in [1.54, 1.807) is 18.5 Å². The maximum atomic E-state index is 12.9. The number of nitrogens with zero attached hydrogens (tertiary/aromatic N) is 4. The first-order valence-electron chi connectivity index (χ1n) is 10.7. The summed E-state index contributed by atoms with van der Waals surface area (Å²) in [5, 5.41) is 15.6. The summed E-state index contributed by atoms with van der Waals surface area (Å²) in [6.07, 6.45) is 0. The fourth-order valence-electron chi connectivity index (χ4n) is 3.68. The number of nitrogens with one attached hydrogen (secondary N) is 1. The van der Waals surface area contributed by atoms with Crippen LogP contribution in [0.4, 0.5) is 5.95 Å². The number of ether oxygens (including phenoxy) is 3. The van der Waals surface area contributed by atoms with Crippen molar-refractivity contribution >= 4 is 39.4 Å². The molecule has 3 aromatic rings. The van der Waals surface area contributed by atoms with E-state index in [9.17, 15) is 4.79 Å². The normalized spacial score (nSPS) is 14.9. The molecule has 11 heteroatoms. The Balaban J connectivity index is 1.74. The number of carbonyl (C=O) groups excluding carboxylic acids is 1. The molecule has 0 radical (unpaired) electrons. The van der Waals surface area contributed by atoms with E-state index in [1.165, 1.54) is 0 Å². The Morgan fingerprint density at radius 2 is 1.94 bits per heavy atom. The van der Waals surface area contributed by atoms with Crippen LogP contribution < -0.4 is 14.8 Å². The lowest BCUT2D eigenvalue weighted by molar-refractivity contribution is -0.139. The molecule has 1 atom stereocenters. The van der Waals surface area contributed by atoms with Gasteiger partial charge in [0, 0.05) is 10.7 Å². The number of esters is 1. The Hall–Kier alpha value is -3.11. The minimum absolute atomic E-state index is 0.246. The third-order valence-corrected chi connectivity index (χ3v) is 5.99. The molecule has 1 unspecified atom stereocenters. The van der Waals surface area contributed by atoms with Gasteiger partial charge in [-0.3, -0.25) is 0 Å². The Morgan fingerprint density at radius 1 is 1.18 bits per heavy atom. The number of hydrogen-bond donors (Lipinski definition) is 1. The van der Waals surface area contributed by atoms with Crippen molar-refractivity contribution < 1.29 is 19.0 Å². The molecule has 0 saturated carbocycles. The lowest BCUT2D eigenvalue weighted by atomic mass is 9.95. The van der Waals surface area contributed by atoms with E-state index < -0.39 is 12.0 Å². The predicted octanol–water partition coefficient (Wildman–Crippen LogP) is 4.92. The monoisotopic (exact) mass is 547 g/mol. The summed E-state index contributed by atoms with van der Waals surface area (Å²) in [7, 11) is 0. The maximum Gasteiger partial charge on any atom is 0.338 e. The molecular formula is C23H23BrClN5O4. The molecule has 9 nitrogen and oxygen atoms in total. The third-order valence-electron chi connectivity index (χ3n) is 5.15. The van der Waals surface area contributed by atoms with Crippen LogP contribution in [0.15, 0.2) is 52.1 Å². The number of tetrazole rings is 1. The van der Waals surface area contributed by atoms with Crippen molar-refractivity contribution in [3.8, 4) is 11.5 Å². The third kappa shape index (κ3) is 4.88. The van der Waals surface area contributed by atoms with Gasteiger partial charge in [-0.15, -0.1) is 0 Å². The highest BCUT2D eigenvalue weighted by molar-refractivity contribution is 9.10. The van der Waals surface area contributed by atoms with Crippen molar-refractivity contribution in [2.24, 2.45) is 0 Å². The Labute approximate surface area is 210 Å². The van der Waals surface area contributed by atoms with Gasteiger partial charge in [-0.25, -0.2) is 4.79 Å². The molecule has 4 rings (SSSR count). The molecule has 1 aliphatic heterocycles. The van der Waals surface area contributed by atoms with Crippen molar-refractivity contribution in [1.82, 2.24) is 20.2 Å². The molecule has 0 fully saturated rings. The molecule has 1 N–H and O–H groups in total. The first kappa shape index (κ1) is 24.0. The van der Waals surface area contributed by atoms with Crippen LogP contribution in [0, 0.1) is 0 Å². The van der Waals surface area contributed by atoms with Crippen LogP contribution in [0.2, 0.25) is 5.02 Å². The molecule has 0 bridgehead atoms. The molecule has 34 heavy (non-hydrogen) atoms. The zero-order valence-corrected chi connectivity index (χ0v) is 21.2. The highest BCUT2D eigenvalue weighted by Crippen LogP contribution is 2.43. The van der Waals surface area contributed by atoms with Gasteiger partial charge in [-0.05, 0) is 82.5 Å². The van der Waals surface area contributed by atoms with E-state index in [0.29, 0.717) is 51.4 Å². The molecule has 178 valence electrons. The summed E-state index contributed by atoms with van der Waals surface area (Å²) >= 11 is 9.60. The number of rotatable bonds is 8. The van der Waals surface area contributed by atoms with Crippen LogP contribution >= 0.6 is 27.5 Å². The van der Waals surface area contributed by atoms with E-state index in [0.717, 1.165) is 11.1 Å². The zero-order valence-electron chi connectivity index (χ0n) is 18.8. The van der Waals surface area contributed by atoms with Crippen LogP contribution in [0.3, 0.4) is 0 Å². The van der Waals surface area contributed by atoms with E-state index in [2.05, 4.69) is 36.8 Å². The van der Waals surface area contributed by atoms with Crippen LogP contribution in [0.5, 0.6) is 11.5 Å². The van der Waals surface area contributed by atoms with Crippen LogP contribution in [0.1, 0.15) is 37.9 Å². The molecule has 0 amide bonds. The largest absolute Gasteiger partial charge is 0.490 e. The van der Waals surface area contributed by atoms with Crippen LogP contribution in [-0.2, 0) is 16.1 Å². The number of halogens is 2. The van der Waals surface area contributed by atoms with Crippen molar-refractivity contribution in [3.05, 3.63) is 68.3 Å². The second-order valence-electron chi connectivity index (χ2n) is 7.41. The lowest BCUT2D eigenvalue weighted by Gasteiger charge is -2.28. The van der Waals surface area contributed by atoms with Crippen LogP contribution in [0.25, 0.3) is 0 Å². The first-order chi connectivity index (χ1) is 16.4.